The van der Waals surface area contributed by atoms with Crippen molar-refractivity contribution >= 4 is 40.1 Å². The Morgan fingerprint density at radius 2 is 1.75 bits per heavy atom. The molecule has 108 valence electrons. The van der Waals surface area contributed by atoms with Crippen LogP contribution in [0.3, 0.4) is 0 Å². The number of nitro benzene ring substituents is 2. The van der Waals surface area contributed by atoms with Crippen molar-refractivity contribution in [2.24, 2.45) is 0 Å². The second-order valence-electron chi connectivity index (χ2n) is 3.41. The van der Waals surface area contributed by atoms with Crippen molar-refractivity contribution in [3.63, 3.8) is 0 Å². The molecule has 0 saturated heterocycles. The van der Waals surface area contributed by atoms with E-state index in [2.05, 4.69) is 0 Å². The van der Waals surface area contributed by atoms with Crippen molar-refractivity contribution < 1.29 is 23.4 Å². The summed E-state index contributed by atoms with van der Waals surface area (Å²) in [7, 11) is 0. The molecule has 2 N–H and O–H groups in total. The van der Waals surface area contributed by atoms with Gasteiger partial charge in [0.1, 0.15) is 0 Å². The van der Waals surface area contributed by atoms with Gasteiger partial charge in [0.25, 0.3) is 22.6 Å². The van der Waals surface area contributed by atoms with Gasteiger partial charge in [0.15, 0.2) is 5.02 Å². The molecule has 0 heterocycles. The van der Waals surface area contributed by atoms with Gasteiger partial charge >= 0.3 is 0 Å². The number of halogens is 1. The van der Waals surface area contributed by atoms with Crippen LogP contribution in [0.15, 0.2) is 12.1 Å². The minimum atomic E-state index is -2.60. The summed E-state index contributed by atoms with van der Waals surface area (Å²) in [5.41, 5.74) is -1.54. The normalized spacial score (nSPS) is 11.7. The van der Waals surface area contributed by atoms with Crippen molar-refractivity contribution in [3.05, 3.63) is 42.9 Å². The maximum atomic E-state index is 11.2. The average molecular weight is 324 g/mol. The van der Waals surface area contributed by atoms with E-state index >= 15 is 0 Å². The maximum Gasteiger partial charge on any atom is 0.295 e. The van der Waals surface area contributed by atoms with Gasteiger partial charge in [-0.1, -0.05) is 11.6 Å². The van der Waals surface area contributed by atoms with Crippen LogP contribution < -0.4 is 4.72 Å². The number of carbonyl (C=O) groups excluding carboxylic acids is 1. The van der Waals surface area contributed by atoms with Gasteiger partial charge in [0, 0.05) is 12.1 Å². The van der Waals surface area contributed by atoms with Gasteiger partial charge in [0.2, 0.25) is 5.91 Å². The van der Waals surface area contributed by atoms with Crippen molar-refractivity contribution in [3.8, 4) is 0 Å². The van der Waals surface area contributed by atoms with Crippen molar-refractivity contribution in [2.45, 2.75) is 6.42 Å². The van der Waals surface area contributed by atoms with Crippen molar-refractivity contribution in [2.75, 3.05) is 0 Å². The summed E-state index contributed by atoms with van der Waals surface area (Å²) in [5, 5.41) is 20.8. The summed E-state index contributed by atoms with van der Waals surface area (Å²) in [4.78, 5) is 30.8. The third-order valence-electron chi connectivity index (χ3n) is 2.05. The number of nitrogens with one attached hydrogen (secondary N) is 1. The second-order valence-corrected chi connectivity index (χ2v) is 4.49. The molecule has 0 fully saturated rings. The van der Waals surface area contributed by atoms with Gasteiger partial charge in [0.05, 0.1) is 16.3 Å². The Labute approximate surface area is 118 Å². The van der Waals surface area contributed by atoms with Crippen LogP contribution in [-0.4, -0.2) is 24.5 Å². The van der Waals surface area contributed by atoms with E-state index in [1.165, 1.54) is 0 Å². The van der Waals surface area contributed by atoms with Crippen LogP contribution in [0.1, 0.15) is 5.56 Å². The minimum absolute atomic E-state index is 0.0873. The quantitative estimate of drug-likeness (QED) is 0.464. The molecule has 0 spiro atoms. The van der Waals surface area contributed by atoms with Crippen LogP contribution in [0.25, 0.3) is 0 Å². The molecule has 0 radical (unpaired) electrons. The molecule has 0 aromatic heterocycles. The fourth-order valence-corrected chi connectivity index (χ4v) is 1.85. The number of nitrogens with zero attached hydrogens (tertiary/aromatic N) is 2. The van der Waals surface area contributed by atoms with Gasteiger partial charge in [-0.05, 0) is 5.56 Å². The van der Waals surface area contributed by atoms with E-state index in [9.17, 15) is 29.2 Å². The molecule has 10 nitrogen and oxygen atoms in total. The highest BCUT2D eigenvalue weighted by Gasteiger charge is 2.25. The molecule has 0 aliphatic heterocycles. The average Bonchev–Trinajstić information content (AvgIpc) is 2.29. The van der Waals surface area contributed by atoms with E-state index in [0.717, 1.165) is 12.1 Å². The number of hydrogen-bond acceptors (Lipinski definition) is 6. The Kier molecular flexibility index (Phi) is 5.07. The van der Waals surface area contributed by atoms with Crippen molar-refractivity contribution in [1.29, 1.82) is 0 Å². The lowest BCUT2D eigenvalue weighted by atomic mass is 10.1. The largest absolute Gasteiger partial charge is 0.295 e. The lowest BCUT2D eigenvalue weighted by molar-refractivity contribution is -0.394. The zero-order chi connectivity index (χ0) is 15.4. The molecule has 12 heteroatoms. The standard InChI is InChI=1S/C8H6ClN3O7S/c9-8-5(11(14)15)1-4(2-6(8)12(16)17)3-7(13)10-20(18)19/h1-2H,3H2,(H,10,13)(H,18,19). The number of benzene rings is 1. The Balaban J connectivity index is 3.21. The molecule has 1 rings (SSSR count). The molecule has 0 aliphatic carbocycles. The summed E-state index contributed by atoms with van der Waals surface area (Å²) >= 11 is 2.92. The molecule has 1 unspecified atom stereocenters. The fraction of sp³-hybridized carbons (Fsp3) is 0.125. The van der Waals surface area contributed by atoms with E-state index in [1.807, 2.05) is 0 Å². The number of hydrogen-bond donors (Lipinski definition) is 2. The lowest BCUT2D eigenvalue weighted by Crippen LogP contribution is -2.26. The number of carbonyl (C=O) groups is 1. The molecular weight excluding hydrogens is 318 g/mol. The SMILES string of the molecule is O=C(Cc1cc([N+](=O)[O-])c(Cl)c([N+](=O)[O-])c1)NS(=O)O. The molecule has 0 saturated carbocycles. The first kappa shape index (κ1) is 15.9. The topological polar surface area (TPSA) is 153 Å². The Bertz CT molecular complexity index is 585. The van der Waals surface area contributed by atoms with Gasteiger partial charge in [-0.2, -0.15) is 0 Å². The molecule has 0 bridgehead atoms. The lowest BCUT2D eigenvalue weighted by Gasteiger charge is -2.03. The Hall–Kier alpha value is -2.11. The second kappa shape index (κ2) is 6.36. The molecule has 1 aromatic carbocycles. The molecule has 20 heavy (non-hydrogen) atoms. The minimum Gasteiger partial charge on any atom is -0.289 e. The molecule has 1 amide bonds. The van der Waals surface area contributed by atoms with Gasteiger partial charge in [-0.15, -0.1) is 0 Å². The summed E-state index contributed by atoms with van der Waals surface area (Å²) in [6, 6.07) is 1.77. The number of nitro groups is 2. The zero-order valence-corrected chi connectivity index (χ0v) is 11.0. The number of amides is 1. The van der Waals surface area contributed by atoms with Gasteiger partial charge in [-0.3, -0.25) is 34.3 Å². The summed E-state index contributed by atoms with van der Waals surface area (Å²) in [6.07, 6.45) is -0.550. The third-order valence-corrected chi connectivity index (χ3v) is 2.84. The maximum absolute atomic E-state index is 11.2. The van der Waals surface area contributed by atoms with E-state index in [4.69, 9.17) is 16.2 Å². The van der Waals surface area contributed by atoms with Crippen LogP contribution in [0.4, 0.5) is 11.4 Å². The highest BCUT2D eigenvalue weighted by molar-refractivity contribution is 7.77. The predicted molar refractivity (Wildman–Crippen MR) is 67.4 cm³/mol. The Morgan fingerprint density at radius 1 is 1.30 bits per heavy atom. The molecular formula is C8H6ClN3O7S. The zero-order valence-electron chi connectivity index (χ0n) is 9.44. The summed E-state index contributed by atoms with van der Waals surface area (Å²) in [6.45, 7) is 0. The number of rotatable bonds is 5. The van der Waals surface area contributed by atoms with E-state index in [1.54, 1.807) is 4.72 Å². The highest BCUT2D eigenvalue weighted by Crippen LogP contribution is 2.34. The van der Waals surface area contributed by atoms with E-state index < -0.39 is 49.8 Å². The Morgan fingerprint density at radius 3 is 2.10 bits per heavy atom. The van der Waals surface area contributed by atoms with Crippen LogP contribution >= 0.6 is 11.6 Å². The summed E-state index contributed by atoms with van der Waals surface area (Å²) < 4.78 is 20.4. The van der Waals surface area contributed by atoms with Gasteiger partial charge < -0.3 is 0 Å². The smallest absolute Gasteiger partial charge is 0.289 e. The highest BCUT2D eigenvalue weighted by atomic mass is 35.5. The van der Waals surface area contributed by atoms with Crippen LogP contribution in [0.5, 0.6) is 0 Å². The predicted octanol–water partition coefficient (Wildman–Crippen LogP) is 0.952. The molecule has 1 aromatic rings. The van der Waals surface area contributed by atoms with Crippen LogP contribution in [-0.2, 0) is 22.5 Å². The first-order valence-electron chi connectivity index (χ1n) is 4.74. The molecule has 1 atom stereocenters. The summed E-state index contributed by atoms with van der Waals surface area (Å²) in [5.74, 6) is -0.934. The van der Waals surface area contributed by atoms with Crippen LogP contribution in [0.2, 0.25) is 5.02 Å². The fourth-order valence-electron chi connectivity index (χ4n) is 1.34. The van der Waals surface area contributed by atoms with Crippen molar-refractivity contribution in [1.82, 2.24) is 4.72 Å². The van der Waals surface area contributed by atoms with Crippen LogP contribution in [0, 0.1) is 20.2 Å². The van der Waals surface area contributed by atoms with E-state index in [0.29, 0.717) is 0 Å². The third kappa shape index (κ3) is 3.94. The van der Waals surface area contributed by atoms with Gasteiger partial charge in [-0.25, -0.2) is 4.21 Å². The van der Waals surface area contributed by atoms with E-state index in [-0.39, 0.29) is 5.56 Å². The first-order chi connectivity index (χ1) is 9.22. The molecule has 0 aliphatic rings. The first-order valence-corrected chi connectivity index (χ1v) is 6.22. The monoisotopic (exact) mass is 323 g/mol.